The highest BCUT2D eigenvalue weighted by atomic mass is 79.9. The Balaban J connectivity index is 2.78. The van der Waals surface area contributed by atoms with E-state index in [9.17, 15) is 9.18 Å². The monoisotopic (exact) mass is 298 g/mol. The fourth-order valence-electron chi connectivity index (χ4n) is 1.11. The quantitative estimate of drug-likeness (QED) is 0.933. The molecule has 0 aliphatic carbocycles. The first kappa shape index (κ1) is 13.7. The minimum atomic E-state index is -0.643. The van der Waals surface area contributed by atoms with E-state index in [2.05, 4.69) is 27.3 Å². The average Bonchev–Trinajstić information content (AvgIpc) is 2.29. The van der Waals surface area contributed by atoms with Crippen LogP contribution in [0.25, 0.3) is 0 Å². The number of hydrogen-bond donors (Lipinski definition) is 1. The number of halogens is 2. The molecule has 0 aliphatic heterocycles. The van der Waals surface area contributed by atoms with Gasteiger partial charge in [0.25, 0.3) is 5.91 Å². The van der Waals surface area contributed by atoms with Crippen LogP contribution >= 0.6 is 15.9 Å². The van der Waals surface area contributed by atoms with Crippen molar-refractivity contribution in [2.24, 2.45) is 5.41 Å². The van der Waals surface area contributed by atoms with Crippen molar-refractivity contribution in [3.8, 4) is 6.07 Å². The van der Waals surface area contributed by atoms with Crippen LogP contribution in [-0.2, 0) is 0 Å². The summed E-state index contributed by atoms with van der Waals surface area (Å²) in [6, 6.07) is 5.96. The zero-order valence-corrected chi connectivity index (χ0v) is 11.1. The van der Waals surface area contributed by atoms with Crippen molar-refractivity contribution in [3.05, 3.63) is 34.1 Å². The third-order valence-electron chi connectivity index (χ3n) is 2.17. The Morgan fingerprint density at radius 3 is 2.82 bits per heavy atom. The van der Waals surface area contributed by atoms with Crippen LogP contribution < -0.4 is 5.32 Å². The van der Waals surface area contributed by atoms with Crippen LogP contribution in [0.5, 0.6) is 0 Å². The van der Waals surface area contributed by atoms with Gasteiger partial charge in [-0.25, -0.2) is 4.39 Å². The fraction of sp³-hybridized carbons (Fsp3) is 0.333. The van der Waals surface area contributed by atoms with Gasteiger partial charge in [-0.1, -0.05) is 0 Å². The Morgan fingerprint density at radius 1 is 1.59 bits per heavy atom. The topological polar surface area (TPSA) is 52.9 Å². The first-order valence-electron chi connectivity index (χ1n) is 5.00. The molecule has 0 bridgehead atoms. The maximum Gasteiger partial charge on any atom is 0.252 e. The normalized spacial score (nSPS) is 10.8. The van der Waals surface area contributed by atoms with E-state index in [0.29, 0.717) is 4.47 Å². The number of hydrogen-bond acceptors (Lipinski definition) is 2. The lowest BCUT2D eigenvalue weighted by Crippen LogP contribution is -2.33. The average molecular weight is 299 g/mol. The molecule has 1 aromatic carbocycles. The van der Waals surface area contributed by atoms with Gasteiger partial charge in [0.2, 0.25) is 0 Å². The molecule has 0 aromatic heterocycles. The van der Waals surface area contributed by atoms with E-state index in [1.54, 1.807) is 13.8 Å². The van der Waals surface area contributed by atoms with Crippen molar-refractivity contribution >= 4 is 21.8 Å². The van der Waals surface area contributed by atoms with Crippen molar-refractivity contribution in [2.45, 2.75) is 13.8 Å². The number of nitrogens with one attached hydrogen (secondary N) is 1. The van der Waals surface area contributed by atoms with Crippen LogP contribution in [0.3, 0.4) is 0 Å². The highest BCUT2D eigenvalue weighted by Gasteiger charge is 2.19. The van der Waals surface area contributed by atoms with Crippen LogP contribution in [0.4, 0.5) is 4.39 Å². The molecule has 0 saturated carbocycles. The van der Waals surface area contributed by atoms with Crippen molar-refractivity contribution in [3.63, 3.8) is 0 Å². The molecule has 1 amide bonds. The van der Waals surface area contributed by atoms with Gasteiger partial charge in [0.05, 0.1) is 17.0 Å². The van der Waals surface area contributed by atoms with E-state index in [1.807, 2.05) is 0 Å². The summed E-state index contributed by atoms with van der Waals surface area (Å²) in [6.45, 7) is 3.65. The van der Waals surface area contributed by atoms with Crippen LogP contribution in [0.2, 0.25) is 0 Å². The number of rotatable bonds is 3. The van der Waals surface area contributed by atoms with Crippen molar-refractivity contribution in [2.75, 3.05) is 6.54 Å². The van der Waals surface area contributed by atoms with Crippen molar-refractivity contribution in [1.82, 2.24) is 5.32 Å². The lowest BCUT2D eigenvalue weighted by molar-refractivity contribution is 0.0942. The summed E-state index contributed by atoms with van der Waals surface area (Å²) in [5.41, 5.74) is -0.422. The summed E-state index contributed by atoms with van der Waals surface area (Å²) in [5.74, 6) is -0.877. The van der Waals surface area contributed by atoms with Crippen LogP contribution in [0.15, 0.2) is 22.7 Å². The minimum absolute atomic E-state index is 0.214. The summed E-state index contributed by atoms with van der Waals surface area (Å²) in [6.07, 6.45) is 0. The molecule has 0 unspecified atom stereocenters. The predicted octanol–water partition coefficient (Wildman–Crippen LogP) is 2.87. The van der Waals surface area contributed by atoms with Gasteiger partial charge in [0.15, 0.2) is 0 Å². The maximum absolute atomic E-state index is 13.0. The summed E-state index contributed by atoms with van der Waals surface area (Å²) in [4.78, 5) is 11.8. The summed E-state index contributed by atoms with van der Waals surface area (Å²) in [7, 11) is 0. The molecule has 1 rings (SSSR count). The highest BCUT2D eigenvalue weighted by Crippen LogP contribution is 2.18. The molecule has 5 heteroatoms. The van der Waals surface area contributed by atoms with Gasteiger partial charge < -0.3 is 5.32 Å². The van der Waals surface area contributed by atoms with Gasteiger partial charge >= 0.3 is 0 Å². The molecule has 0 atom stereocenters. The Morgan fingerprint density at radius 2 is 2.24 bits per heavy atom. The molecular formula is C12H12BrFN2O. The standard InChI is InChI=1S/C12H12BrFN2O/c1-12(2,6-15)7-16-11(17)9-5-8(14)3-4-10(9)13/h3-5H,7H2,1-2H3,(H,16,17). The molecule has 0 spiro atoms. The first-order chi connectivity index (χ1) is 7.85. The van der Waals surface area contributed by atoms with Crippen LogP contribution in [-0.4, -0.2) is 12.5 Å². The second-order valence-corrected chi connectivity index (χ2v) is 5.16. The number of amides is 1. The molecule has 1 N–H and O–H groups in total. The number of nitrogens with zero attached hydrogens (tertiary/aromatic N) is 1. The zero-order chi connectivity index (χ0) is 13.1. The van der Waals surface area contributed by atoms with E-state index in [4.69, 9.17) is 5.26 Å². The number of carbonyl (C=O) groups is 1. The van der Waals surface area contributed by atoms with E-state index in [1.165, 1.54) is 12.1 Å². The first-order valence-corrected chi connectivity index (χ1v) is 5.79. The second kappa shape index (κ2) is 5.28. The van der Waals surface area contributed by atoms with Crippen molar-refractivity contribution in [1.29, 1.82) is 5.26 Å². The lowest BCUT2D eigenvalue weighted by Gasteiger charge is -2.16. The molecule has 0 heterocycles. The molecular weight excluding hydrogens is 287 g/mol. The Hall–Kier alpha value is -1.41. The molecule has 0 aliphatic rings. The Bertz CT molecular complexity index is 480. The third-order valence-corrected chi connectivity index (χ3v) is 2.86. The maximum atomic E-state index is 13.0. The van der Waals surface area contributed by atoms with E-state index in [0.717, 1.165) is 6.07 Å². The Kier molecular flexibility index (Phi) is 4.24. The van der Waals surface area contributed by atoms with Gasteiger partial charge in [0, 0.05) is 11.0 Å². The fourth-order valence-corrected chi connectivity index (χ4v) is 1.53. The van der Waals surface area contributed by atoms with Gasteiger partial charge in [-0.3, -0.25) is 4.79 Å². The highest BCUT2D eigenvalue weighted by molar-refractivity contribution is 9.10. The largest absolute Gasteiger partial charge is 0.350 e. The molecule has 1 aromatic rings. The smallest absolute Gasteiger partial charge is 0.252 e. The molecule has 3 nitrogen and oxygen atoms in total. The van der Waals surface area contributed by atoms with E-state index >= 15 is 0 Å². The predicted molar refractivity (Wildman–Crippen MR) is 65.8 cm³/mol. The van der Waals surface area contributed by atoms with Gasteiger partial charge in [-0.15, -0.1) is 0 Å². The molecule has 0 fully saturated rings. The van der Waals surface area contributed by atoms with Gasteiger partial charge in [0.1, 0.15) is 5.82 Å². The van der Waals surface area contributed by atoms with E-state index < -0.39 is 17.1 Å². The summed E-state index contributed by atoms with van der Waals surface area (Å²) >= 11 is 3.18. The minimum Gasteiger partial charge on any atom is -0.350 e. The van der Waals surface area contributed by atoms with E-state index in [-0.39, 0.29) is 12.1 Å². The van der Waals surface area contributed by atoms with Gasteiger partial charge in [-0.2, -0.15) is 5.26 Å². The SMILES string of the molecule is CC(C)(C#N)CNC(=O)c1cc(F)ccc1Br. The summed E-state index contributed by atoms with van der Waals surface area (Å²) < 4.78 is 13.5. The second-order valence-electron chi connectivity index (χ2n) is 4.30. The molecule has 0 radical (unpaired) electrons. The third kappa shape index (κ3) is 3.82. The van der Waals surface area contributed by atoms with Crippen molar-refractivity contribution < 1.29 is 9.18 Å². The Labute approximate surface area is 108 Å². The summed E-state index contributed by atoms with van der Waals surface area (Å²) in [5, 5.41) is 11.4. The molecule has 0 saturated heterocycles. The number of carbonyl (C=O) groups excluding carboxylic acids is 1. The van der Waals surface area contributed by atoms with Gasteiger partial charge in [-0.05, 0) is 48.0 Å². The number of benzene rings is 1. The lowest BCUT2D eigenvalue weighted by atomic mass is 9.96. The number of nitriles is 1. The van der Waals surface area contributed by atoms with Crippen LogP contribution in [0.1, 0.15) is 24.2 Å². The zero-order valence-electron chi connectivity index (χ0n) is 9.55. The molecule has 90 valence electrons. The van der Waals surface area contributed by atoms with Crippen LogP contribution in [0, 0.1) is 22.6 Å². The molecule has 17 heavy (non-hydrogen) atoms.